The van der Waals surface area contributed by atoms with Crippen molar-refractivity contribution in [3.8, 4) is 0 Å². The molecule has 2 unspecified atom stereocenters. The van der Waals surface area contributed by atoms with E-state index < -0.39 is 0 Å². The number of piperidine rings is 2. The largest absolute Gasteiger partial charge is 0.354 e. The molecular weight excluding hydrogens is 433 g/mol. The van der Waals surface area contributed by atoms with Crippen LogP contribution in [0.3, 0.4) is 0 Å². The van der Waals surface area contributed by atoms with Crippen LogP contribution in [0.15, 0.2) is 10.4 Å². The highest BCUT2D eigenvalue weighted by atomic mass is 127. The molecule has 2 atom stereocenters. The fourth-order valence-electron chi connectivity index (χ4n) is 3.89. The smallest absolute Gasteiger partial charge is 0.191 e. The lowest BCUT2D eigenvalue weighted by Gasteiger charge is -2.47. The highest BCUT2D eigenvalue weighted by Gasteiger charge is 2.36. The van der Waals surface area contributed by atoms with Crippen LogP contribution in [0, 0.1) is 0 Å². The van der Waals surface area contributed by atoms with Gasteiger partial charge in [0.2, 0.25) is 0 Å². The highest BCUT2D eigenvalue weighted by Crippen LogP contribution is 2.32. The molecule has 0 aliphatic carbocycles. The molecule has 2 aliphatic heterocycles. The van der Waals surface area contributed by atoms with Gasteiger partial charge >= 0.3 is 0 Å². The Morgan fingerprint density at radius 2 is 2.08 bits per heavy atom. The lowest BCUT2D eigenvalue weighted by Crippen LogP contribution is -2.56. The van der Waals surface area contributed by atoms with Crippen LogP contribution in [0.5, 0.6) is 0 Å². The zero-order valence-corrected chi connectivity index (χ0v) is 18.1. The number of aromatic nitrogens is 1. The normalized spacial score (nSPS) is 27.5. The topological polar surface area (TPSA) is 52.6 Å². The molecule has 0 saturated carbocycles. The molecular formula is C17H30IN5S. The molecule has 1 aromatic heterocycles. The maximum Gasteiger partial charge on any atom is 0.191 e. The SMILES string of the molecule is CCc1nc(CNC(=NC)NC2CC3CCCC(C2)N3C)cs1.I. The number of hydrogen-bond donors (Lipinski definition) is 2. The fourth-order valence-corrected chi connectivity index (χ4v) is 4.63. The summed E-state index contributed by atoms with van der Waals surface area (Å²) in [5, 5.41) is 10.4. The van der Waals surface area contributed by atoms with Gasteiger partial charge in [0.05, 0.1) is 17.2 Å². The van der Waals surface area contributed by atoms with Gasteiger partial charge in [0, 0.05) is 30.6 Å². The molecule has 7 heteroatoms. The summed E-state index contributed by atoms with van der Waals surface area (Å²) in [6, 6.07) is 2.02. The third-order valence-electron chi connectivity index (χ3n) is 5.24. The number of aryl methyl sites for hydroxylation is 1. The van der Waals surface area contributed by atoms with Crippen molar-refractivity contribution in [1.82, 2.24) is 20.5 Å². The fraction of sp³-hybridized carbons (Fsp3) is 0.765. The first-order chi connectivity index (χ1) is 11.2. The van der Waals surface area contributed by atoms with Crippen molar-refractivity contribution in [3.05, 3.63) is 16.1 Å². The Hall–Kier alpha value is -0.410. The molecule has 5 nitrogen and oxygen atoms in total. The van der Waals surface area contributed by atoms with Gasteiger partial charge in [-0.25, -0.2) is 4.98 Å². The van der Waals surface area contributed by atoms with Crippen molar-refractivity contribution in [2.75, 3.05) is 14.1 Å². The number of thiazole rings is 1. The number of nitrogens with one attached hydrogen (secondary N) is 2. The highest BCUT2D eigenvalue weighted by molar-refractivity contribution is 14.0. The minimum absolute atomic E-state index is 0. The third-order valence-corrected chi connectivity index (χ3v) is 6.28. The van der Waals surface area contributed by atoms with E-state index in [-0.39, 0.29) is 24.0 Å². The molecule has 2 N–H and O–H groups in total. The Balaban J connectivity index is 0.00000208. The van der Waals surface area contributed by atoms with Crippen LogP contribution in [0.4, 0.5) is 0 Å². The molecule has 24 heavy (non-hydrogen) atoms. The first-order valence-electron chi connectivity index (χ1n) is 8.82. The van der Waals surface area contributed by atoms with E-state index in [1.807, 2.05) is 7.05 Å². The van der Waals surface area contributed by atoms with E-state index in [2.05, 4.69) is 44.9 Å². The van der Waals surface area contributed by atoms with Crippen molar-refractivity contribution in [2.45, 2.75) is 70.1 Å². The molecule has 0 amide bonds. The van der Waals surface area contributed by atoms with Crippen LogP contribution < -0.4 is 10.6 Å². The Bertz CT molecular complexity index is 533. The van der Waals surface area contributed by atoms with Crippen molar-refractivity contribution in [1.29, 1.82) is 0 Å². The maximum atomic E-state index is 4.60. The first-order valence-corrected chi connectivity index (χ1v) is 9.70. The minimum Gasteiger partial charge on any atom is -0.354 e. The van der Waals surface area contributed by atoms with Gasteiger partial charge in [-0.15, -0.1) is 35.3 Å². The molecule has 3 rings (SSSR count). The lowest BCUT2D eigenvalue weighted by atomic mass is 9.82. The van der Waals surface area contributed by atoms with E-state index >= 15 is 0 Å². The molecule has 0 aromatic carbocycles. The van der Waals surface area contributed by atoms with Crippen LogP contribution in [-0.4, -0.2) is 48.1 Å². The zero-order chi connectivity index (χ0) is 16.2. The average molecular weight is 463 g/mol. The predicted octanol–water partition coefficient (Wildman–Crippen LogP) is 3.00. The maximum absolute atomic E-state index is 4.60. The number of nitrogens with zero attached hydrogens (tertiary/aromatic N) is 3. The second-order valence-corrected chi connectivity index (χ2v) is 7.67. The van der Waals surface area contributed by atoms with E-state index in [9.17, 15) is 0 Å². The summed E-state index contributed by atoms with van der Waals surface area (Å²) in [7, 11) is 4.15. The number of rotatable bonds is 4. The van der Waals surface area contributed by atoms with Crippen molar-refractivity contribution < 1.29 is 0 Å². The summed E-state index contributed by atoms with van der Waals surface area (Å²) in [6.07, 6.45) is 7.54. The first kappa shape index (κ1) is 19.9. The summed E-state index contributed by atoms with van der Waals surface area (Å²) in [5.41, 5.74) is 1.11. The van der Waals surface area contributed by atoms with E-state index in [1.165, 1.54) is 37.1 Å². The Kier molecular flexibility index (Phi) is 7.74. The monoisotopic (exact) mass is 463 g/mol. The van der Waals surface area contributed by atoms with E-state index in [1.54, 1.807) is 11.3 Å². The average Bonchev–Trinajstić information content (AvgIpc) is 3.00. The quantitative estimate of drug-likeness (QED) is 0.410. The van der Waals surface area contributed by atoms with E-state index in [4.69, 9.17) is 0 Å². The second kappa shape index (κ2) is 9.33. The van der Waals surface area contributed by atoms with Crippen molar-refractivity contribution in [3.63, 3.8) is 0 Å². The minimum atomic E-state index is 0. The van der Waals surface area contributed by atoms with Crippen molar-refractivity contribution in [2.24, 2.45) is 4.99 Å². The summed E-state index contributed by atoms with van der Waals surface area (Å²) in [6.45, 7) is 2.89. The zero-order valence-electron chi connectivity index (χ0n) is 14.9. The summed E-state index contributed by atoms with van der Waals surface area (Å²) in [4.78, 5) is 11.6. The lowest BCUT2D eigenvalue weighted by molar-refractivity contribution is 0.0526. The second-order valence-electron chi connectivity index (χ2n) is 6.73. The number of fused-ring (bicyclic) bond motifs is 2. The summed E-state index contributed by atoms with van der Waals surface area (Å²) in [5.74, 6) is 0.906. The van der Waals surface area contributed by atoms with Gasteiger partial charge in [-0.05, 0) is 39.2 Å². The molecule has 2 aliphatic rings. The van der Waals surface area contributed by atoms with Gasteiger partial charge in [-0.3, -0.25) is 4.99 Å². The molecule has 3 heterocycles. The molecule has 2 fully saturated rings. The Morgan fingerprint density at radius 1 is 1.38 bits per heavy atom. The van der Waals surface area contributed by atoms with Crippen LogP contribution in [0.25, 0.3) is 0 Å². The molecule has 2 bridgehead atoms. The van der Waals surface area contributed by atoms with Gasteiger partial charge in [-0.2, -0.15) is 0 Å². The van der Waals surface area contributed by atoms with Crippen LogP contribution in [0.2, 0.25) is 0 Å². The Morgan fingerprint density at radius 3 is 2.67 bits per heavy atom. The molecule has 0 radical (unpaired) electrons. The predicted molar refractivity (Wildman–Crippen MR) is 112 cm³/mol. The molecule has 0 spiro atoms. The molecule has 1 aromatic rings. The van der Waals surface area contributed by atoms with Crippen molar-refractivity contribution >= 4 is 41.3 Å². The standard InChI is InChI=1S/C17H29N5S.HI/c1-4-16-20-13(11-23-16)10-19-17(18-2)21-12-8-14-6-5-7-15(9-12)22(14)3;/h11-12,14-15H,4-10H2,1-3H3,(H2,18,19,21);1H. The number of halogens is 1. The van der Waals surface area contributed by atoms with Crippen LogP contribution in [0.1, 0.15) is 49.7 Å². The summed E-state index contributed by atoms with van der Waals surface area (Å²) >= 11 is 1.74. The van der Waals surface area contributed by atoms with Gasteiger partial charge in [-0.1, -0.05) is 13.3 Å². The number of guanidine groups is 1. The third kappa shape index (κ3) is 4.82. The molecule has 2 saturated heterocycles. The van der Waals surface area contributed by atoms with Gasteiger partial charge < -0.3 is 15.5 Å². The van der Waals surface area contributed by atoms with Crippen LogP contribution >= 0.6 is 35.3 Å². The number of hydrogen-bond acceptors (Lipinski definition) is 4. The Labute approximate surface area is 166 Å². The van der Waals surface area contributed by atoms with Gasteiger partial charge in [0.15, 0.2) is 5.96 Å². The molecule has 136 valence electrons. The number of aliphatic imine (C=N–C) groups is 1. The van der Waals surface area contributed by atoms with Gasteiger partial charge in [0.25, 0.3) is 0 Å². The van der Waals surface area contributed by atoms with E-state index in [0.29, 0.717) is 6.04 Å². The van der Waals surface area contributed by atoms with E-state index in [0.717, 1.165) is 36.7 Å². The van der Waals surface area contributed by atoms with Crippen LogP contribution in [-0.2, 0) is 13.0 Å². The summed E-state index contributed by atoms with van der Waals surface area (Å²) < 4.78 is 0. The van der Waals surface area contributed by atoms with Gasteiger partial charge in [0.1, 0.15) is 0 Å².